The van der Waals surface area contributed by atoms with Crippen molar-refractivity contribution in [3.05, 3.63) is 42.2 Å². The second kappa shape index (κ2) is 8.54. The van der Waals surface area contributed by atoms with Gasteiger partial charge in [-0.1, -0.05) is 6.08 Å². The number of halogens is 1. The Morgan fingerprint density at radius 1 is 1.19 bits per heavy atom. The van der Waals surface area contributed by atoms with Gasteiger partial charge >= 0.3 is 12.2 Å². The topological polar surface area (TPSA) is 106 Å². The normalized spacial score (nSPS) is 18.0. The maximum atomic E-state index is 14.1. The lowest BCUT2D eigenvalue weighted by molar-refractivity contribution is -0.178. The van der Waals surface area contributed by atoms with Gasteiger partial charge in [0.25, 0.3) is 11.6 Å². The van der Waals surface area contributed by atoms with Crippen LogP contribution in [0.2, 0.25) is 0 Å². The molecule has 1 unspecified atom stereocenters. The number of hydrogen-bond donors (Lipinski definition) is 2. The zero-order valence-electron chi connectivity index (χ0n) is 18.5. The number of rotatable bonds is 4. The Hall–Kier alpha value is -3.14. The molecule has 1 aromatic carbocycles. The van der Waals surface area contributed by atoms with Crippen molar-refractivity contribution >= 4 is 23.8 Å². The molecule has 0 radical (unpaired) electrons. The van der Waals surface area contributed by atoms with Crippen molar-refractivity contribution in [1.82, 2.24) is 10.4 Å². The van der Waals surface area contributed by atoms with Crippen LogP contribution in [0, 0.1) is 5.82 Å². The molecule has 0 saturated carbocycles. The molecule has 1 aliphatic rings. The summed E-state index contributed by atoms with van der Waals surface area (Å²) in [7, 11) is 0. The number of carbonyl (C=O) groups excluding carboxylic acids is 3. The number of carbonyl (C=O) groups is 3. The molecule has 1 aliphatic heterocycles. The Bertz CT molecular complexity index is 890. The highest BCUT2D eigenvalue weighted by atomic mass is 19.1. The maximum absolute atomic E-state index is 14.1. The van der Waals surface area contributed by atoms with Gasteiger partial charge in [0.2, 0.25) is 0 Å². The number of anilines is 1. The van der Waals surface area contributed by atoms with Crippen molar-refractivity contribution in [2.75, 3.05) is 11.9 Å². The minimum atomic E-state index is -2.27. The van der Waals surface area contributed by atoms with Gasteiger partial charge in [-0.05, 0) is 59.7 Å². The lowest BCUT2D eigenvalue weighted by atomic mass is 10.0. The third-order valence-corrected chi connectivity index (χ3v) is 3.81. The van der Waals surface area contributed by atoms with Crippen molar-refractivity contribution in [3.8, 4) is 0 Å². The van der Waals surface area contributed by atoms with Gasteiger partial charge in [0.15, 0.2) is 0 Å². The molecule has 9 nitrogen and oxygen atoms in total. The number of nitrogens with one attached hydrogen (secondary N) is 2. The van der Waals surface area contributed by atoms with Crippen LogP contribution in [0.15, 0.2) is 30.9 Å². The van der Waals surface area contributed by atoms with E-state index in [4.69, 9.17) is 14.2 Å². The predicted octanol–water partition coefficient (Wildman–Crippen LogP) is 3.81. The van der Waals surface area contributed by atoms with Crippen LogP contribution in [0.1, 0.15) is 47.1 Å². The summed E-state index contributed by atoms with van der Waals surface area (Å²) in [5, 5.41) is 3.10. The Kier molecular flexibility index (Phi) is 6.65. The van der Waals surface area contributed by atoms with Crippen LogP contribution in [-0.2, 0) is 24.7 Å². The van der Waals surface area contributed by atoms with Gasteiger partial charge < -0.3 is 19.5 Å². The number of ether oxygens (including phenoxy) is 3. The van der Waals surface area contributed by atoms with Crippen molar-refractivity contribution in [2.24, 2.45) is 0 Å². The van der Waals surface area contributed by atoms with Crippen LogP contribution in [0.5, 0.6) is 0 Å². The quantitative estimate of drug-likeness (QED) is 0.422. The number of amides is 3. The number of hydrogen-bond acceptors (Lipinski definition) is 6. The van der Waals surface area contributed by atoms with E-state index in [0.29, 0.717) is 5.01 Å². The second-order valence-corrected chi connectivity index (χ2v) is 8.82. The van der Waals surface area contributed by atoms with Crippen LogP contribution in [0.4, 0.5) is 19.7 Å². The lowest BCUT2D eigenvalue weighted by Crippen LogP contribution is -2.63. The molecule has 2 N–H and O–H groups in total. The van der Waals surface area contributed by atoms with Crippen molar-refractivity contribution in [2.45, 2.75) is 58.5 Å². The van der Waals surface area contributed by atoms with Gasteiger partial charge in [-0.3, -0.25) is 4.79 Å². The molecule has 3 amide bonds. The molecule has 10 heteroatoms. The van der Waals surface area contributed by atoms with Crippen LogP contribution in [0.25, 0.3) is 0 Å². The van der Waals surface area contributed by atoms with Gasteiger partial charge in [-0.2, -0.15) is 5.01 Å². The molecule has 2 rings (SSSR count). The summed E-state index contributed by atoms with van der Waals surface area (Å²) in [6.45, 7) is 13.0. The minimum absolute atomic E-state index is 0.0266. The van der Waals surface area contributed by atoms with E-state index < -0.39 is 40.8 Å². The third kappa shape index (κ3) is 5.52. The first-order chi connectivity index (χ1) is 14.2. The first kappa shape index (κ1) is 24.1. The average molecular weight is 437 g/mol. The average Bonchev–Trinajstić information content (AvgIpc) is 2.86. The van der Waals surface area contributed by atoms with Gasteiger partial charge in [-0.15, -0.1) is 6.58 Å². The third-order valence-electron chi connectivity index (χ3n) is 3.81. The molecule has 0 fully saturated rings. The van der Waals surface area contributed by atoms with E-state index in [1.165, 1.54) is 12.1 Å². The fraction of sp³-hybridized carbons (Fsp3) is 0.476. The van der Waals surface area contributed by atoms with Crippen molar-refractivity contribution < 1.29 is 33.0 Å². The predicted molar refractivity (Wildman–Crippen MR) is 110 cm³/mol. The van der Waals surface area contributed by atoms with Gasteiger partial charge in [0, 0.05) is 11.3 Å². The van der Waals surface area contributed by atoms with Crippen LogP contribution in [-0.4, -0.2) is 40.9 Å². The van der Waals surface area contributed by atoms with E-state index in [-0.39, 0.29) is 17.9 Å². The smallest absolute Gasteiger partial charge is 0.432 e. The molecule has 0 bridgehead atoms. The molecule has 1 aromatic rings. The number of fused-ring (bicyclic) bond motifs is 1. The van der Waals surface area contributed by atoms with E-state index in [1.54, 1.807) is 41.5 Å². The Morgan fingerprint density at radius 2 is 1.81 bits per heavy atom. The summed E-state index contributed by atoms with van der Waals surface area (Å²) in [5.41, 5.74) is -1.75. The van der Waals surface area contributed by atoms with E-state index >= 15 is 0 Å². The monoisotopic (exact) mass is 437 g/mol. The Morgan fingerprint density at radius 3 is 2.35 bits per heavy atom. The summed E-state index contributed by atoms with van der Waals surface area (Å²) in [6.07, 6.45) is -0.820. The standard InChI is InChI=1S/C21H28FN3O6/c1-8-11-29-21(14-12-13(22)9-10-15(14)23-16(21)26)25(18(28)31-20(5,6)7)24-17(27)30-19(2,3)4/h8-10,12H,1,11H2,2-7H3,(H,23,26)(H,24,27). The fourth-order valence-corrected chi connectivity index (χ4v) is 2.80. The van der Waals surface area contributed by atoms with Gasteiger partial charge in [0.05, 0.1) is 6.61 Å². The SMILES string of the molecule is C=CCOC1(N(NC(=O)OC(C)(C)C)C(=O)OC(C)(C)C)C(=O)Nc2ccc(F)cc21. The lowest BCUT2D eigenvalue weighted by Gasteiger charge is -2.39. The molecule has 31 heavy (non-hydrogen) atoms. The fourth-order valence-electron chi connectivity index (χ4n) is 2.80. The van der Waals surface area contributed by atoms with E-state index in [2.05, 4.69) is 17.3 Å². The molecule has 1 atom stereocenters. The molecule has 0 spiro atoms. The number of benzene rings is 1. The van der Waals surface area contributed by atoms with E-state index in [0.717, 1.165) is 12.1 Å². The summed E-state index contributed by atoms with van der Waals surface area (Å²) < 4.78 is 30.4. The van der Waals surface area contributed by atoms with Crippen molar-refractivity contribution in [3.63, 3.8) is 0 Å². The summed E-state index contributed by atoms with van der Waals surface area (Å²) in [4.78, 5) is 38.8. The maximum Gasteiger partial charge on any atom is 0.432 e. The zero-order chi connectivity index (χ0) is 23.6. The Labute approximate surface area is 180 Å². The second-order valence-electron chi connectivity index (χ2n) is 8.82. The first-order valence-corrected chi connectivity index (χ1v) is 9.59. The highest BCUT2D eigenvalue weighted by Gasteiger charge is 2.57. The molecule has 0 aromatic heterocycles. The van der Waals surface area contributed by atoms with Crippen molar-refractivity contribution in [1.29, 1.82) is 0 Å². The molecule has 0 saturated heterocycles. The van der Waals surface area contributed by atoms with Crippen LogP contribution >= 0.6 is 0 Å². The summed E-state index contributed by atoms with van der Waals surface area (Å²) >= 11 is 0. The molecule has 170 valence electrons. The largest absolute Gasteiger partial charge is 0.443 e. The summed E-state index contributed by atoms with van der Waals surface area (Å²) in [6, 6.07) is 3.49. The number of hydrazine groups is 1. The summed E-state index contributed by atoms with van der Waals surface area (Å²) in [5.74, 6) is -1.51. The van der Waals surface area contributed by atoms with Gasteiger partial charge in [-0.25, -0.2) is 19.4 Å². The van der Waals surface area contributed by atoms with E-state index in [1.807, 2.05) is 0 Å². The molecule has 1 heterocycles. The first-order valence-electron chi connectivity index (χ1n) is 9.59. The molecular formula is C21H28FN3O6. The zero-order valence-corrected chi connectivity index (χ0v) is 18.5. The minimum Gasteiger partial charge on any atom is -0.443 e. The van der Waals surface area contributed by atoms with Crippen LogP contribution in [0.3, 0.4) is 0 Å². The van der Waals surface area contributed by atoms with E-state index in [9.17, 15) is 18.8 Å². The number of nitrogens with zero attached hydrogens (tertiary/aromatic N) is 1. The molecule has 0 aliphatic carbocycles. The highest BCUT2D eigenvalue weighted by molar-refractivity contribution is 6.06. The molecular weight excluding hydrogens is 409 g/mol. The van der Waals surface area contributed by atoms with Crippen LogP contribution < -0.4 is 10.7 Å². The Balaban J connectivity index is 2.63. The van der Waals surface area contributed by atoms with Gasteiger partial charge in [0.1, 0.15) is 17.0 Å². The highest BCUT2D eigenvalue weighted by Crippen LogP contribution is 2.42.